The van der Waals surface area contributed by atoms with Gasteiger partial charge in [0.15, 0.2) is 11.5 Å². The molecular weight excluding hydrogens is 522 g/mol. The van der Waals surface area contributed by atoms with Gasteiger partial charge in [-0.1, -0.05) is 39.0 Å². The number of rotatable bonds is 9. The average molecular weight is 560 g/mol. The molecule has 1 unspecified atom stereocenters. The van der Waals surface area contributed by atoms with Crippen molar-refractivity contribution in [2.45, 2.75) is 46.1 Å². The summed E-state index contributed by atoms with van der Waals surface area (Å²) in [5.41, 5.74) is 1.87. The third-order valence-corrected chi connectivity index (χ3v) is 6.95. The molecule has 8 heteroatoms. The van der Waals surface area contributed by atoms with E-state index in [4.69, 9.17) is 18.9 Å². The minimum atomic E-state index is -0.971. The van der Waals surface area contributed by atoms with Gasteiger partial charge in [0.05, 0.1) is 44.7 Å². The highest BCUT2D eigenvalue weighted by Gasteiger charge is 2.48. The summed E-state index contributed by atoms with van der Waals surface area (Å²) in [6.07, 6.45) is 0. The summed E-state index contributed by atoms with van der Waals surface area (Å²) < 4.78 is 22.7. The lowest BCUT2D eigenvalue weighted by Gasteiger charge is -2.27. The quantitative estimate of drug-likeness (QED) is 0.184. The van der Waals surface area contributed by atoms with Crippen molar-refractivity contribution in [3.05, 3.63) is 82.9 Å². The average Bonchev–Trinajstić information content (AvgIpc) is 3.22. The van der Waals surface area contributed by atoms with Crippen LogP contribution < -0.4 is 23.8 Å². The van der Waals surface area contributed by atoms with E-state index in [1.54, 1.807) is 54.6 Å². The summed E-state index contributed by atoms with van der Waals surface area (Å²) in [6.45, 7) is 10.8. The number of aliphatic hydroxyl groups excluding tert-OH is 1. The van der Waals surface area contributed by atoms with E-state index in [2.05, 4.69) is 0 Å². The molecule has 1 saturated heterocycles. The Kier molecular flexibility index (Phi) is 8.61. The smallest absolute Gasteiger partial charge is 0.300 e. The molecule has 3 aromatic carbocycles. The zero-order chi connectivity index (χ0) is 29.9. The highest BCUT2D eigenvalue weighted by atomic mass is 16.5. The van der Waals surface area contributed by atoms with E-state index in [0.717, 1.165) is 5.56 Å². The molecule has 4 rings (SSSR count). The maximum Gasteiger partial charge on any atom is 0.300 e. The second-order valence-electron chi connectivity index (χ2n) is 10.6. The third-order valence-electron chi connectivity index (χ3n) is 6.95. The standard InChI is InChI=1S/C33H37NO7/c1-8-40-24-16-15-21(18-22(24)33(3,4)5)30(35)28-29(20-14-17-26(39-7)27(19-20)41-9-2)34(32(37)31(28)36)23-12-10-11-13-25(23)38-6/h10-19,29,35H,8-9H2,1-7H3/b30-28+. The fourth-order valence-corrected chi connectivity index (χ4v) is 5.06. The Morgan fingerprint density at radius 3 is 2.10 bits per heavy atom. The molecule has 0 spiro atoms. The van der Waals surface area contributed by atoms with E-state index in [1.807, 2.05) is 40.7 Å². The number of benzene rings is 3. The lowest BCUT2D eigenvalue weighted by molar-refractivity contribution is -0.132. The predicted molar refractivity (Wildman–Crippen MR) is 158 cm³/mol. The molecule has 1 atom stereocenters. The van der Waals surface area contributed by atoms with E-state index in [1.165, 1.54) is 19.1 Å². The SMILES string of the molecule is CCOc1cc(C2/C(=C(\O)c3ccc(OCC)c(C(C)(C)C)c3)C(=O)C(=O)N2c2ccccc2OC)ccc1OC. The maximum absolute atomic E-state index is 13.7. The molecular formula is C33H37NO7. The molecule has 1 amide bonds. The van der Waals surface area contributed by atoms with Crippen LogP contribution in [0.5, 0.6) is 23.0 Å². The predicted octanol–water partition coefficient (Wildman–Crippen LogP) is 6.43. The van der Waals surface area contributed by atoms with Crippen molar-refractivity contribution >= 4 is 23.1 Å². The largest absolute Gasteiger partial charge is 0.507 e. The molecule has 1 N–H and O–H groups in total. The summed E-state index contributed by atoms with van der Waals surface area (Å²) in [4.78, 5) is 28.8. The zero-order valence-electron chi connectivity index (χ0n) is 24.6. The molecule has 0 bridgehead atoms. The van der Waals surface area contributed by atoms with Crippen LogP contribution in [-0.2, 0) is 15.0 Å². The van der Waals surface area contributed by atoms with Crippen LogP contribution in [0.4, 0.5) is 5.69 Å². The fourth-order valence-electron chi connectivity index (χ4n) is 5.06. The number of Topliss-reactive ketones (excluding diaryl/α,β-unsaturated/α-hetero) is 1. The fraction of sp³-hybridized carbons (Fsp3) is 0.333. The topological polar surface area (TPSA) is 94.5 Å². The number of hydrogen-bond donors (Lipinski definition) is 1. The molecule has 3 aromatic rings. The van der Waals surface area contributed by atoms with Crippen LogP contribution in [0.25, 0.3) is 5.76 Å². The zero-order valence-corrected chi connectivity index (χ0v) is 24.6. The number of methoxy groups -OCH3 is 2. The minimum absolute atomic E-state index is 0.0439. The van der Waals surface area contributed by atoms with Crippen LogP contribution in [0.1, 0.15) is 57.4 Å². The van der Waals surface area contributed by atoms with Gasteiger partial charge in [-0.25, -0.2) is 0 Å². The van der Waals surface area contributed by atoms with Crippen molar-refractivity contribution < 1.29 is 33.6 Å². The van der Waals surface area contributed by atoms with Crippen molar-refractivity contribution in [2.24, 2.45) is 0 Å². The number of aliphatic hydroxyl groups is 1. The first-order valence-electron chi connectivity index (χ1n) is 13.6. The molecule has 0 aliphatic carbocycles. The molecule has 1 fully saturated rings. The van der Waals surface area contributed by atoms with Crippen molar-refractivity contribution in [3.8, 4) is 23.0 Å². The molecule has 0 saturated carbocycles. The van der Waals surface area contributed by atoms with Gasteiger partial charge in [0, 0.05) is 11.1 Å². The van der Waals surface area contributed by atoms with Crippen LogP contribution in [0.3, 0.4) is 0 Å². The first-order valence-corrected chi connectivity index (χ1v) is 13.6. The number of hydrogen-bond acceptors (Lipinski definition) is 7. The Bertz CT molecular complexity index is 1490. The summed E-state index contributed by atoms with van der Waals surface area (Å²) in [6, 6.07) is 16.5. The number of ether oxygens (including phenoxy) is 4. The van der Waals surface area contributed by atoms with Gasteiger partial charge in [0.1, 0.15) is 17.3 Å². The number of para-hydroxylation sites is 2. The molecule has 1 aliphatic rings. The Morgan fingerprint density at radius 2 is 1.46 bits per heavy atom. The first-order chi connectivity index (χ1) is 19.6. The number of ketones is 1. The third kappa shape index (κ3) is 5.59. The Morgan fingerprint density at radius 1 is 0.829 bits per heavy atom. The number of anilines is 1. The molecule has 41 heavy (non-hydrogen) atoms. The Hall–Kier alpha value is -4.46. The van der Waals surface area contributed by atoms with Gasteiger partial charge in [-0.2, -0.15) is 0 Å². The maximum atomic E-state index is 13.7. The summed E-state index contributed by atoms with van der Waals surface area (Å²) >= 11 is 0. The summed E-state index contributed by atoms with van der Waals surface area (Å²) in [7, 11) is 3.04. The lowest BCUT2D eigenvalue weighted by atomic mass is 9.84. The van der Waals surface area contributed by atoms with Crippen molar-refractivity contribution in [1.29, 1.82) is 0 Å². The van der Waals surface area contributed by atoms with Crippen molar-refractivity contribution in [3.63, 3.8) is 0 Å². The van der Waals surface area contributed by atoms with Crippen LogP contribution in [0, 0.1) is 0 Å². The van der Waals surface area contributed by atoms with Crippen molar-refractivity contribution in [2.75, 3.05) is 32.3 Å². The number of carbonyl (C=O) groups excluding carboxylic acids is 2. The lowest BCUT2D eigenvalue weighted by Crippen LogP contribution is -2.29. The molecule has 0 aromatic heterocycles. The van der Waals surface area contributed by atoms with E-state index in [0.29, 0.717) is 53.0 Å². The number of nitrogens with zero attached hydrogens (tertiary/aromatic N) is 1. The molecule has 1 aliphatic heterocycles. The van der Waals surface area contributed by atoms with Crippen LogP contribution in [-0.4, -0.2) is 44.2 Å². The van der Waals surface area contributed by atoms with Gasteiger partial charge in [0.2, 0.25) is 0 Å². The van der Waals surface area contributed by atoms with Crippen molar-refractivity contribution in [1.82, 2.24) is 0 Å². The van der Waals surface area contributed by atoms with E-state index in [-0.39, 0.29) is 16.7 Å². The highest BCUT2D eigenvalue weighted by molar-refractivity contribution is 6.52. The van der Waals surface area contributed by atoms with Crippen LogP contribution in [0.15, 0.2) is 66.2 Å². The molecule has 1 heterocycles. The van der Waals surface area contributed by atoms with Gasteiger partial charge in [-0.3, -0.25) is 14.5 Å². The van der Waals surface area contributed by atoms with Crippen LogP contribution >= 0.6 is 0 Å². The normalized spacial score (nSPS) is 16.6. The van der Waals surface area contributed by atoms with Gasteiger partial charge >= 0.3 is 0 Å². The Labute approximate surface area is 241 Å². The van der Waals surface area contributed by atoms with Gasteiger partial charge in [-0.15, -0.1) is 0 Å². The van der Waals surface area contributed by atoms with E-state index < -0.39 is 17.7 Å². The van der Waals surface area contributed by atoms with E-state index >= 15 is 0 Å². The minimum Gasteiger partial charge on any atom is -0.507 e. The highest BCUT2D eigenvalue weighted by Crippen LogP contribution is 2.47. The number of carbonyl (C=O) groups is 2. The molecule has 8 nitrogen and oxygen atoms in total. The second kappa shape index (κ2) is 12.0. The molecule has 0 radical (unpaired) electrons. The second-order valence-corrected chi connectivity index (χ2v) is 10.6. The molecule has 216 valence electrons. The van der Waals surface area contributed by atoms with Gasteiger partial charge in [0.25, 0.3) is 11.7 Å². The number of amides is 1. The Balaban J connectivity index is 2.00. The van der Waals surface area contributed by atoms with Gasteiger partial charge < -0.3 is 24.1 Å². The summed E-state index contributed by atoms with van der Waals surface area (Å²) in [5.74, 6) is 0.191. The summed E-state index contributed by atoms with van der Waals surface area (Å²) in [5, 5.41) is 11.8. The monoisotopic (exact) mass is 559 g/mol. The van der Waals surface area contributed by atoms with E-state index in [9.17, 15) is 14.7 Å². The van der Waals surface area contributed by atoms with Crippen LogP contribution in [0.2, 0.25) is 0 Å². The first kappa shape index (κ1) is 29.5. The van der Waals surface area contributed by atoms with Gasteiger partial charge in [-0.05, 0) is 67.3 Å².